The fourth-order valence-corrected chi connectivity index (χ4v) is 1.45. The molecule has 1 rings (SSSR count). The fourth-order valence-electron chi connectivity index (χ4n) is 1.45. The Kier molecular flexibility index (Phi) is 4.78. The Labute approximate surface area is 109 Å². The van der Waals surface area contributed by atoms with Crippen molar-refractivity contribution in [2.24, 2.45) is 5.73 Å². The van der Waals surface area contributed by atoms with E-state index in [0.29, 0.717) is 12.8 Å². The smallest absolute Gasteiger partial charge is 0.314 e. The maximum absolute atomic E-state index is 13.4. The zero-order valence-electron chi connectivity index (χ0n) is 10.4. The molecule has 2 N–H and O–H groups in total. The first-order valence-electron chi connectivity index (χ1n) is 5.63. The molecule has 0 amide bonds. The number of ether oxygens (including phenoxy) is 1. The van der Waals surface area contributed by atoms with Crippen LogP contribution in [0.25, 0.3) is 0 Å². The van der Waals surface area contributed by atoms with Crippen LogP contribution in [-0.4, -0.2) is 17.1 Å². The zero-order valence-corrected chi connectivity index (χ0v) is 10.4. The van der Waals surface area contributed by atoms with Gasteiger partial charge in [0.25, 0.3) is 0 Å². The van der Waals surface area contributed by atoms with E-state index in [4.69, 9.17) is 15.7 Å². The van der Waals surface area contributed by atoms with Crippen LogP contribution in [0.5, 0.6) is 5.75 Å². The van der Waals surface area contributed by atoms with E-state index >= 15 is 0 Å². The maximum atomic E-state index is 13.4. The number of halogens is 1. The molecule has 0 fully saturated rings. The number of rotatable bonds is 6. The summed E-state index contributed by atoms with van der Waals surface area (Å²) < 4.78 is 18.5. The highest BCUT2D eigenvalue weighted by molar-refractivity contribution is 5.46. The normalized spacial score (nSPS) is 13.4. The topological polar surface area (TPSA) is 102 Å². The monoisotopic (exact) mass is 267 g/mol. The molecule has 0 radical (unpaired) electrons. The first kappa shape index (κ1) is 14.9. The van der Waals surface area contributed by atoms with Crippen molar-refractivity contribution in [2.45, 2.75) is 25.3 Å². The van der Waals surface area contributed by atoms with Gasteiger partial charge in [0.15, 0.2) is 5.82 Å². The molecule has 0 spiro atoms. The van der Waals surface area contributed by atoms with E-state index in [2.05, 4.69) is 0 Å². The molecule has 0 saturated carbocycles. The first-order valence-corrected chi connectivity index (χ1v) is 5.63. The predicted octanol–water partition coefficient (Wildman–Crippen LogP) is 2.13. The summed E-state index contributed by atoms with van der Waals surface area (Å²) in [5.74, 6) is -1.17. The van der Waals surface area contributed by atoms with Gasteiger partial charge in [0.2, 0.25) is 5.75 Å². The summed E-state index contributed by atoms with van der Waals surface area (Å²) in [6, 6.07) is 5.42. The molecular weight excluding hydrogens is 253 g/mol. The molecule has 1 aromatic rings. The quantitative estimate of drug-likeness (QED) is 0.483. The van der Waals surface area contributed by atoms with Gasteiger partial charge in [-0.05, 0) is 25.8 Å². The average molecular weight is 267 g/mol. The van der Waals surface area contributed by atoms with Gasteiger partial charge in [0.05, 0.1) is 17.6 Å². The Balaban J connectivity index is 2.64. The highest BCUT2D eigenvalue weighted by atomic mass is 19.1. The van der Waals surface area contributed by atoms with Gasteiger partial charge in [-0.15, -0.1) is 0 Å². The van der Waals surface area contributed by atoms with E-state index in [1.54, 1.807) is 6.92 Å². The molecule has 0 heterocycles. The summed E-state index contributed by atoms with van der Waals surface area (Å²) in [7, 11) is 0. The van der Waals surface area contributed by atoms with Crippen LogP contribution in [0, 0.1) is 27.3 Å². The van der Waals surface area contributed by atoms with Crippen molar-refractivity contribution >= 4 is 5.69 Å². The molecule has 0 bridgehead atoms. The number of hydrogen-bond acceptors (Lipinski definition) is 5. The van der Waals surface area contributed by atoms with Crippen molar-refractivity contribution in [3.05, 3.63) is 34.1 Å². The van der Waals surface area contributed by atoms with Crippen molar-refractivity contribution in [3.8, 4) is 11.8 Å². The van der Waals surface area contributed by atoms with Gasteiger partial charge >= 0.3 is 5.69 Å². The minimum atomic E-state index is -0.982. The zero-order chi connectivity index (χ0) is 14.5. The van der Waals surface area contributed by atoms with Crippen molar-refractivity contribution < 1.29 is 14.1 Å². The van der Waals surface area contributed by atoms with Crippen molar-refractivity contribution in [1.82, 2.24) is 0 Å². The third-order valence-electron chi connectivity index (χ3n) is 2.49. The SMILES string of the molecule is CC(N)(C#N)CCCOc1c(F)cccc1[N+](=O)[O-]. The summed E-state index contributed by atoms with van der Waals surface area (Å²) in [4.78, 5) is 10.0. The van der Waals surface area contributed by atoms with Crippen LogP contribution in [0.4, 0.5) is 10.1 Å². The number of nitriles is 1. The van der Waals surface area contributed by atoms with Gasteiger partial charge in [0.1, 0.15) is 5.54 Å². The Morgan fingerprint density at radius 3 is 2.89 bits per heavy atom. The van der Waals surface area contributed by atoms with Crippen LogP contribution in [0.3, 0.4) is 0 Å². The van der Waals surface area contributed by atoms with Gasteiger partial charge in [-0.3, -0.25) is 10.1 Å². The Morgan fingerprint density at radius 2 is 2.32 bits per heavy atom. The molecule has 1 aromatic carbocycles. The van der Waals surface area contributed by atoms with Gasteiger partial charge < -0.3 is 10.5 Å². The molecule has 1 unspecified atom stereocenters. The Bertz CT molecular complexity index is 511. The molecule has 0 saturated heterocycles. The number of para-hydroxylation sites is 1. The number of nitrogens with two attached hydrogens (primary N) is 1. The summed E-state index contributed by atoms with van der Waals surface area (Å²) in [6.07, 6.45) is 0.748. The second kappa shape index (κ2) is 6.11. The van der Waals surface area contributed by atoms with Crippen molar-refractivity contribution in [1.29, 1.82) is 5.26 Å². The first-order chi connectivity index (χ1) is 8.87. The summed E-state index contributed by atoms with van der Waals surface area (Å²) in [5, 5.41) is 19.4. The van der Waals surface area contributed by atoms with Gasteiger partial charge in [-0.25, -0.2) is 4.39 Å². The summed E-state index contributed by atoms with van der Waals surface area (Å²) in [5.41, 5.74) is 4.20. The van der Waals surface area contributed by atoms with Gasteiger partial charge in [-0.2, -0.15) is 5.26 Å². The maximum Gasteiger partial charge on any atom is 0.314 e. The van der Waals surface area contributed by atoms with Crippen LogP contribution >= 0.6 is 0 Å². The molecule has 0 aliphatic carbocycles. The molecule has 0 aromatic heterocycles. The fraction of sp³-hybridized carbons (Fsp3) is 0.417. The molecule has 1 atom stereocenters. The van der Waals surface area contributed by atoms with E-state index in [0.717, 1.165) is 6.07 Å². The molecule has 102 valence electrons. The number of hydrogen-bond donors (Lipinski definition) is 1. The van der Waals surface area contributed by atoms with Crippen molar-refractivity contribution in [2.75, 3.05) is 6.61 Å². The predicted molar refractivity (Wildman–Crippen MR) is 66.0 cm³/mol. The lowest BCUT2D eigenvalue weighted by Crippen LogP contribution is -2.34. The number of nitrogens with zero attached hydrogens (tertiary/aromatic N) is 2. The highest BCUT2D eigenvalue weighted by Crippen LogP contribution is 2.29. The molecule has 0 aliphatic heterocycles. The number of nitro benzene ring substituents is 1. The van der Waals surface area contributed by atoms with Gasteiger partial charge in [0, 0.05) is 6.07 Å². The molecule has 6 nitrogen and oxygen atoms in total. The lowest BCUT2D eigenvalue weighted by molar-refractivity contribution is -0.386. The molecule has 19 heavy (non-hydrogen) atoms. The van der Waals surface area contributed by atoms with E-state index in [1.165, 1.54) is 12.1 Å². The third-order valence-corrected chi connectivity index (χ3v) is 2.49. The highest BCUT2D eigenvalue weighted by Gasteiger charge is 2.20. The third kappa shape index (κ3) is 4.19. The van der Waals surface area contributed by atoms with Crippen LogP contribution in [-0.2, 0) is 0 Å². The number of nitro groups is 1. The van der Waals surface area contributed by atoms with Crippen LogP contribution < -0.4 is 10.5 Å². The largest absolute Gasteiger partial charge is 0.485 e. The lowest BCUT2D eigenvalue weighted by Gasteiger charge is -2.15. The van der Waals surface area contributed by atoms with E-state index < -0.39 is 22.0 Å². The molecule has 7 heteroatoms. The second-order valence-electron chi connectivity index (χ2n) is 4.33. The van der Waals surface area contributed by atoms with Crippen LogP contribution in [0.2, 0.25) is 0 Å². The van der Waals surface area contributed by atoms with Gasteiger partial charge in [-0.1, -0.05) is 6.07 Å². The molecular formula is C12H14FN3O3. The van der Waals surface area contributed by atoms with E-state index in [1.807, 2.05) is 6.07 Å². The average Bonchev–Trinajstić information content (AvgIpc) is 2.35. The van der Waals surface area contributed by atoms with E-state index in [-0.39, 0.29) is 12.4 Å². The van der Waals surface area contributed by atoms with Crippen LogP contribution in [0.15, 0.2) is 18.2 Å². The van der Waals surface area contributed by atoms with E-state index in [9.17, 15) is 14.5 Å². The van der Waals surface area contributed by atoms with Crippen molar-refractivity contribution in [3.63, 3.8) is 0 Å². The second-order valence-corrected chi connectivity index (χ2v) is 4.33. The minimum Gasteiger partial charge on any atom is -0.485 e. The lowest BCUT2D eigenvalue weighted by atomic mass is 10.00. The minimum absolute atomic E-state index is 0.0518. The Hall–Kier alpha value is -2.20. The number of benzene rings is 1. The molecule has 0 aliphatic rings. The summed E-state index contributed by atoms with van der Waals surface area (Å²) in [6.45, 7) is 1.62. The van der Waals surface area contributed by atoms with Crippen LogP contribution in [0.1, 0.15) is 19.8 Å². The summed E-state index contributed by atoms with van der Waals surface area (Å²) >= 11 is 0. The Morgan fingerprint density at radius 1 is 1.63 bits per heavy atom. The standard InChI is InChI=1S/C12H14FN3O3/c1-12(15,8-14)6-3-7-19-11-9(13)4-2-5-10(11)16(17)18/h2,4-5H,3,6-7,15H2,1H3.